The molecule has 0 aliphatic heterocycles. The van der Waals surface area contributed by atoms with Gasteiger partial charge >= 0.3 is 0 Å². The fourth-order valence-corrected chi connectivity index (χ4v) is 0.830. The first-order chi connectivity index (χ1) is 6.22. The lowest BCUT2D eigenvalue weighted by molar-refractivity contribution is 0.208. The Labute approximate surface area is 76.8 Å². The van der Waals surface area contributed by atoms with Gasteiger partial charge in [-0.3, -0.25) is 0 Å². The van der Waals surface area contributed by atoms with E-state index in [1.807, 2.05) is 6.07 Å². The van der Waals surface area contributed by atoms with Crippen LogP contribution < -0.4 is 5.32 Å². The number of aliphatic hydroxyl groups excluding tert-OH is 1. The minimum absolute atomic E-state index is 0.391. The summed E-state index contributed by atoms with van der Waals surface area (Å²) in [5.74, 6) is 0. The summed E-state index contributed by atoms with van der Waals surface area (Å²) in [6, 6.07) is 5.32. The van der Waals surface area contributed by atoms with Crippen molar-refractivity contribution in [3.05, 3.63) is 24.0 Å². The Morgan fingerprint density at radius 1 is 1.69 bits per heavy atom. The van der Waals surface area contributed by atoms with Gasteiger partial charge in [0.1, 0.15) is 11.8 Å². The summed E-state index contributed by atoms with van der Waals surface area (Å²) in [4.78, 5) is 3.87. The average molecular weight is 177 g/mol. The summed E-state index contributed by atoms with van der Waals surface area (Å²) in [5, 5.41) is 20.4. The van der Waals surface area contributed by atoms with E-state index in [1.54, 1.807) is 25.3 Å². The molecule has 0 saturated carbocycles. The largest absolute Gasteiger partial charge is 0.392 e. The summed E-state index contributed by atoms with van der Waals surface area (Å²) in [6.07, 6.45) is 1.18. The van der Waals surface area contributed by atoms with Crippen LogP contribution in [-0.4, -0.2) is 22.7 Å². The number of aromatic nitrogens is 1. The van der Waals surface area contributed by atoms with Crippen LogP contribution in [0.15, 0.2) is 18.3 Å². The van der Waals surface area contributed by atoms with Crippen molar-refractivity contribution >= 4 is 5.69 Å². The van der Waals surface area contributed by atoms with Gasteiger partial charge in [-0.05, 0) is 19.1 Å². The molecule has 68 valence electrons. The number of hydrogen-bond acceptors (Lipinski definition) is 4. The second kappa shape index (κ2) is 4.43. The van der Waals surface area contributed by atoms with E-state index in [9.17, 15) is 0 Å². The predicted molar refractivity (Wildman–Crippen MR) is 49.1 cm³/mol. The molecule has 1 atom stereocenters. The van der Waals surface area contributed by atoms with Crippen LogP contribution in [0.5, 0.6) is 0 Å². The van der Waals surface area contributed by atoms with Gasteiger partial charge in [0, 0.05) is 6.54 Å². The van der Waals surface area contributed by atoms with E-state index in [-0.39, 0.29) is 0 Å². The molecule has 0 unspecified atom stereocenters. The number of pyridine rings is 1. The Kier molecular flexibility index (Phi) is 3.23. The van der Waals surface area contributed by atoms with Crippen molar-refractivity contribution in [3.63, 3.8) is 0 Å². The third kappa shape index (κ3) is 3.09. The zero-order valence-electron chi connectivity index (χ0n) is 7.36. The molecule has 0 fully saturated rings. The molecule has 1 aromatic rings. The van der Waals surface area contributed by atoms with E-state index in [4.69, 9.17) is 10.4 Å². The van der Waals surface area contributed by atoms with Crippen molar-refractivity contribution in [1.82, 2.24) is 4.98 Å². The smallest absolute Gasteiger partial charge is 0.140 e. The second-order valence-electron chi connectivity index (χ2n) is 2.77. The molecule has 0 aliphatic rings. The highest BCUT2D eigenvalue weighted by Gasteiger charge is 1.96. The Balaban J connectivity index is 2.55. The Morgan fingerprint density at radius 3 is 2.92 bits per heavy atom. The minimum Gasteiger partial charge on any atom is -0.392 e. The quantitative estimate of drug-likeness (QED) is 0.714. The number of nitrogens with zero attached hydrogens (tertiary/aromatic N) is 2. The minimum atomic E-state index is -0.393. The standard InChI is InChI=1S/C9H11N3O/c1-7(13)5-11-9-3-2-8(4-10)12-6-9/h2-3,6-7,11,13H,5H2,1H3/t7-/m0/s1. The molecular weight excluding hydrogens is 166 g/mol. The second-order valence-corrected chi connectivity index (χ2v) is 2.77. The first kappa shape index (κ1) is 9.49. The maximum atomic E-state index is 8.98. The summed E-state index contributed by atoms with van der Waals surface area (Å²) in [7, 11) is 0. The van der Waals surface area contributed by atoms with E-state index in [1.165, 1.54) is 0 Å². The monoisotopic (exact) mass is 177 g/mol. The predicted octanol–water partition coefficient (Wildman–Crippen LogP) is 0.746. The number of nitriles is 1. The zero-order valence-corrected chi connectivity index (χ0v) is 7.36. The van der Waals surface area contributed by atoms with Gasteiger partial charge < -0.3 is 10.4 Å². The highest BCUT2D eigenvalue weighted by Crippen LogP contribution is 2.04. The Morgan fingerprint density at radius 2 is 2.46 bits per heavy atom. The number of hydrogen-bond donors (Lipinski definition) is 2. The van der Waals surface area contributed by atoms with Gasteiger partial charge in [-0.15, -0.1) is 0 Å². The van der Waals surface area contributed by atoms with Crippen LogP contribution in [0.25, 0.3) is 0 Å². The molecule has 0 spiro atoms. The molecule has 0 radical (unpaired) electrons. The van der Waals surface area contributed by atoms with Gasteiger partial charge in [0.05, 0.1) is 18.0 Å². The van der Waals surface area contributed by atoms with Crippen molar-refractivity contribution < 1.29 is 5.11 Å². The maximum Gasteiger partial charge on any atom is 0.140 e. The van der Waals surface area contributed by atoms with E-state index in [0.29, 0.717) is 12.2 Å². The number of nitrogens with one attached hydrogen (secondary N) is 1. The molecule has 1 rings (SSSR count). The molecule has 1 heterocycles. The molecule has 0 bridgehead atoms. The van der Waals surface area contributed by atoms with Crippen molar-refractivity contribution in [2.24, 2.45) is 0 Å². The maximum absolute atomic E-state index is 8.98. The van der Waals surface area contributed by atoms with E-state index in [0.717, 1.165) is 5.69 Å². The first-order valence-corrected chi connectivity index (χ1v) is 4.00. The third-order valence-electron chi connectivity index (χ3n) is 1.48. The average Bonchev–Trinajstić information content (AvgIpc) is 2.15. The number of rotatable bonds is 3. The highest BCUT2D eigenvalue weighted by molar-refractivity contribution is 5.42. The Hall–Kier alpha value is -1.60. The van der Waals surface area contributed by atoms with Crippen LogP contribution in [0.1, 0.15) is 12.6 Å². The zero-order chi connectivity index (χ0) is 9.68. The van der Waals surface area contributed by atoms with Crippen LogP contribution >= 0.6 is 0 Å². The van der Waals surface area contributed by atoms with E-state index < -0.39 is 6.10 Å². The van der Waals surface area contributed by atoms with Gasteiger partial charge in [0.2, 0.25) is 0 Å². The van der Waals surface area contributed by atoms with Gasteiger partial charge in [-0.25, -0.2) is 4.98 Å². The molecule has 0 saturated heterocycles. The molecule has 1 aromatic heterocycles. The normalized spacial score (nSPS) is 11.8. The van der Waals surface area contributed by atoms with Crippen LogP contribution in [0.2, 0.25) is 0 Å². The molecule has 13 heavy (non-hydrogen) atoms. The van der Waals surface area contributed by atoms with Gasteiger partial charge in [0.15, 0.2) is 0 Å². The van der Waals surface area contributed by atoms with Crippen LogP contribution in [0, 0.1) is 11.3 Å². The topological polar surface area (TPSA) is 68.9 Å². The van der Waals surface area contributed by atoms with Crippen molar-refractivity contribution in [2.45, 2.75) is 13.0 Å². The molecule has 0 aromatic carbocycles. The van der Waals surface area contributed by atoms with Crippen molar-refractivity contribution in [1.29, 1.82) is 5.26 Å². The van der Waals surface area contributed by atoms with Gasteiger partial charge in [-0.1, -0.05) is 0 Å². The lowest BCUT2D eigenvalue weighted by Gasteiger charge is -2.07. The lowest BCUT2D eigenvalue weighted by atomic mass is 10.3. The van der Waals surface area contributed by atoms with Gasteiger partial charge in [-0.2, -0.15) is 5.26 Å². The highest BCUT2D eigenvalue weighted by atomic mass is 16.3. The summed E-state index contributed by atoms with van der Waals surface area (Å²) < 4.78 is 0. The third-order valence-corrected chi connectivity index (χ3v) is 1.48. The molecule has 0 amide bonds. The fourth-order valence-electron chi connectivity index (χ4n) is 0.830. The summed E-state index contributed by atoms with van der Waals surface area (Å²) >= 11 is 0. The molecular formula is C9H11N3O. The van der Waals surface area contributed by atoms with Crippen LogP contribution in [0.3, 0.4) is 0 Å². The SMILES string of the molecule is C[C@H](O)CNc1ccc(C#N)nc1. The van der Waals surface area contributed by atoms with E-state index >= 15 is 0 Å². The molecule has 0 aliphatic carbocycles. The lowest BCUT2D eigenvalue weighted by Crippen LogP contribution is -2.15. The van der Waals surface area contributed by atoms with Crippen LogP contribution in [-0.2, 0) is 0 Å². The number of anilines is 1. The van der Waals surface area contributed by atoms with Crippen LogP contribution in [0.4, 0.5) is 5.69 Å². The molecule has 4 heteroatoms. The summed E-state index contributed by atoms with van der Waals surface area (Å²) in [5.41, 5.74) is 1.20. The number of aliphatic hydroxyl groups is 1. The first-order valence-electron chi connectivity index (χ1n) is 4.00. The Bertz CT molecular complexity index is 300. The summed E-state index contributed by atoms with van der Waals surface area (Å²) in [6.45, 7) is 2.18. The molecule has 2 N–H and O–H groups in total. The van der Waals surface area contributed by atoms with Crippen molar-refractivity contribution in [2.75, 3.05) is 11.9 Å². The fraction of sp³-hybridized carbons (Fsp3) is 0.333. The van der Waals surface area contributed by atoms with E-state index in [2.05, 4.69) is 10.3 Å². The van der Waals surface area contributed by atoms with Crippen molar-refractivity contribution in [3.8, 4) is 6.07 Å². The molecule has 4 nitrogen and oxygen atoms in total. The van der Waals surface area contributed by atoms with Gasteiger partial charge in [0.25, 0.3) is 0 Å².